The maximum absolute atomic E-state index is 11.8. The van der Waals surface area contributed by atoms with E-state index in [0.717, 1.165) is 0 Å². The number of ether oxygens (including phenoxy) is 2. The smallest absolute Gasteiger partial charge is 0.434 e. The third-order valence-corrected chi connectivity index (χ3v) is 2.69. The molecule has 1 N–H and O–H groups in total. The summed E-state index contributed by atoms with van der Waals surface area (Å²) in [6.45, 7) is 5.17. The Balaban J connectivity index is 2.72. The first kappa shape index (κ1) is 18.4. The molecule has 0 aromatic carbocycles. The molecule has 1 rings (SSSR count). The SMILES string of the molecule is COC(=O)[C@H](CCn1ccnc1[N+](=O)[O-])NC(=O)OC(C)(C)C. The van der Waals surface area contributed by atoms with Crippen molar-refractivity contribution in [1.29, 1.82) is 0 Å². The molecule has 0 aliphatic rings. The molecule has 10 heteroatoms. The molecule has 0 saturated carbocycles. The van der Waals surface area contributed by atoms with Crippen molar-refractivity contribution >= 4 is 18.0 Å². The highest BCUT2D eigenvalue weighted by Crippen LogP contribution is 2.11. The number of imidazole rings is 1. The Morgan fingerprint density at radius 1 is 1.48 bits per heavy atom. The van der Waals surface area contributed by atoms with Crippen LogP contribution in [0.2, 0.25) is 0 Å². The first-order valence-corrected chi connectivity index (χ1v) is 6.87. The zero-order chi connectivity index (χ0) is 17.6. The molecule has 0 unspecified atom stereocenters. The van der Waals surface area contributed by atoms with Crippen molar-refractivity contribution in [3.63, 3.8) is 0 Å². The van der Waals surface area contributed by atoms with Crippen molar-refractivity contribution < 1.29 is 24.0 Å². The van der Waals surface area contributed by atoms with Gasteiger partial charge >= 0.3 is 18.0 Å². The van der Waals surface area contributed by atoms with Crippen molar-refractivity contribution in [3.8, 4) is 0 Å². The number of nitrogens with zero attached hydrogens (tertiary/aromatic N) is 3. The minimum Gasteiger partial charge on any atom is -0.467 e. The molecule has 0 fully saturated rings. The summed E-state index contributed by atoms with van der Waals surface area (Å²) in [4.78, 5) is 37.3. The van der Waals surface area contributed by atoms with Crippen LogP contribution >= 0.6 is 0 Å². The van der Waals surface area contributed by atoms with E-state index in [1.807, 2.05) is 0 Å². The summed E-state index contributed by atoms with van der Waals surface area (Å²) >= 11 is 0. The number of nitrogens with one attached hydrogen (secondary N) is 1. The molecule has 23 heavy (non-hydrogen) atoms. The van der Waals surface area contributed by atoms with E-state index in [2.05, 4.69) is 15.0 Å². The monoisotopic (exact) mass is 328 g/mol. The number of amides is 1. The standard InChI is InChI=1S/C13H20N4O6/c1-13(2,3)23-12(19)15-9(10(18)22-4)5-7-16-8-6-14-11(16)17(20)21/h6,8-9H,5,7H2,1-4H3,(H,15,19)/t9-/m0/s1. The second-order valence-electron chi connectivity index (χ2n) is 5.69. The quantitative estimate of drug-likeness (QED) is 0.473. The van der Waals surface area contributed by atoms with Gasteiger partial charge in [0.2, 0.25) is 0 Å². The third kappa shape index (κ3) is 5.93. The van der Waals surface area contributed by atoms with Crippen LogP contribution in [0.15, 0.2) is 12.4 Å². The van der Waals surface area contributed by atoms with Gasteiger partial charge in [0, 0.05) is 6.42 Å². The largest absolute Gasteiger partial charge is 0.467 e. The lowest BCUT2D eigenvalue weighted by Crippen LogP contribution is -2.44. The molecule has 0 spiro atoms. The number of rotatable bonds is 6. The Morgan fingerprint density at radius 2 is 2.13 bits per heavy atom. The summed E-state index contributed by atoms with van der Waals surface area (Å²) < 4.78 is 11.0. The Hall–Kier alpha value is -2.65. The zero-order valence-electron chi connectivity index (χ0n) is 13.4. The second-order valence-corrected chi connectivity index (χ2v) is 5.69. The van der Waals surface area contributed by atoms with Gasteiger partial charge in [-0.15, -0.1) is 0 Å². The van der Waals surface area contributed by atoms with E-state index in [1.54, 1.807) is 20.8 Å². The Bertz CT molecular complexity index is 577. The predicted octanol–water partition coefficient (Wildman–Crippen LogP) is 1.25. The average molecular weight is 328 g/mol. The van der Waals surface area contributed by atoms with Gasteiger partial charge in [0.15, 0.2) is 0 Å². The fraction of sp³-hybridized carbons (Fsp3) is 0.615. The maximum atomic E-state index is 11.8. The molecule has 1 aromatic rings. The maximum Gasteiger partial charge on any atom is 0.434 e. The van der Waals surface area contributed by atoms with Gasteiger partial charge in [0.1, 0.15) is 24.0 Å². The van der Waals surface area contributed by atoms with Crippen LogP contribution in [0.4, 0.5) is 10.7 Å². The van der Waals surface area contributed by atoms with Gasteiger partial charge in [-0.3, -0.25) is 0 Å². The Morgan fingerprint density at radius 3 is 2.65 bits per heavy atom. The van der Waals surface area contributed by atoms with Gasteiger partial charge in [-0.1, -0.05) is 4.98 Å². The van der Waals surface area contributed by atoms with E-state index < -0.39 is 28.6 Å². The van der Waals surface area contributed by atoms with Crippen LogP contribution in [-0.4, -0.2) is 45.3 Å². The summed E-state index contributed by atoms with van der Waals surface area (Å²) in [5.41, 5.74) is -0.714. The summed E-state index contributed by atoms with van der Waals surface area (Å²) in [5.74, 6) is -1.01. The molecule has 10 nitrogen and oxygen atoms in total. The van der Waals surface area contributed by atoms with Crippen LogP contribution in [0.1, 0.15) is 27.2 Å². The first-order valence-electron chi connectivity index (χ1n) is 6.87. The van der Waals surface area contributed by atoms with Crippen molar-refractivity contribution in [1.82, 2.24) is 14.9 Å². The number of esters is 1. The number of carbonyl (C=O) groups is 2. The minimum atomic E-state index is -0.989. The van der Waals surface area contributed by atoms with Crippen LogP contribution in [0.5, 0.6) is 0 Å². The molecule has 0 bridgehead atoms. The molecule has 0 aliphatic carbocycles. The summed E-state index contributed by atoms with van der Waals surface area (Å²) in [6.07, 6.45) is 2.02. The summed E-state index contributed by atoms with van der Waals surface area (Å²) in [5, 5.41) is 13.2. The topological polar surface area (TPSA) is 126 Å². The van der Waals surface area contributed by atoms with E-state index in [9.17, 15) is 19.7 Å². The van der Waals surface area contributed by atoms with Gasteiger partial charge in [-0.2, -0.15) is 0 Å². The Labute approximate surface area is 132 Å². The Kier molecular flexibility index (Phi) is 6.05. The number of aryl methyl sites for hydroxylation is 1. The molecule has 0 saturated heterocycles. The van der Waals surface area contributed by atoms with Crippen LogP contribution in [0.3, 0.4) is 0 Å². The fourth-order valence-corrected chi connectivity index (χ4v) is 1.76. The molecule has 0 aliphatic heterocycles. The first-order chi connectivity index (χ1) is 10.6. The van der Waals surface area contributed by atoms with Crippen LogP contribution in [-0.2, 0) is 20.8 Å². The normalized spacial score (nSPS) is 12.3. The number of nitro groups is 1. The van der Waals surface area contributed by atoms with Crippen LogP contribution in [0, 0.1) is 10.1 Å². The molecule has 1 atom stereocenters. The third-order valence-electron chi connectivity index (χ3n) is 2.69. The molecule has 128 valence electrons. The number of methoxy groups -OCH3 is 1. The average Bonchev–Trinajstić information content (AvgIpc) is 2.89. The molecular formula is C13H20N4O6. The second kappa shape index (κ2) is 7.56. The van der Waals surface area contributed by atoms with E-state index in [4.69, 9.17) is 4.74 Å². The molecule has 1 aromatic heterocycles. The minimum absolute atomic E-state index is 0.0864. The number of aromatic nitrogens is 2. The van der Waals surface area contributed by atoms with Crippen molar-refractivity contribution in [3.05, 3.63) is 22.5 Å². The number of alkyl carbamates (subject to hydrolysis) is 1. The zero-order valence-corrected chi connectivity index (χ0v) is 13.4. The van der Waals surface area contributed by atoms with E-state index >= 15 is 0 Å². The highest BCUT2D eigenvalue weighted by atomic mass is 16.6. The number of carbonyl (C=O) groups excluding carboxylic acids is 2. The molecule has 1 heterocycles. The molecular weight excluding hydrogens is 308 g/mol. The van der Waals surface area contributed by atoms with E-state index in [0.29, 0.717) is 0 Å². The fourth-order valence-electron chi connectivity index (χ4n) is 1.76. The van der Waals surface area contributed by atoms with Gasteiger partial charge in [-0.05, 0) is 25.7 Å². The summed E-state index contributed by atoms with van der Waals surface area (Å²) in [7, 11) is 1.19. The molecule has 1 amide bonds. The summed E-state index contributed by atoms with van der Waals surface area (Å²) in [6, 6.07) is -0.989. The lowest BCUT2D eigenvalue weighted by Gasteiger charge is -2.22. The van der Waals surface area contributed by atoms with Gasteiger partial charge in [-0.25, -0.2) is 14.2 Å². The van der Waals surface area contributed by atoms with Gasteiger partial charge in [0.25, 0.3) is 0 Å². The van der Waals surface area contributed by atoms with Crippen LogP contribution < -0.4 is 5.32 Å². The highest BCUT2D eigenvalue weighted by Gasteiger charge is 2.26. The predicted molar refractivity (Wildman–Crippen MR) is 78.7 cm³/mol. The van der Waals surface area contributed by atoms with Crippen LogP contribution in [0.25, 0.3) is 0 Å². The van der Waals surface area contributed by atoms with E-state index in [1.165, 1.54) is 24.1 Å². The highest BCUT2D eigenvalue weighted by molar-refractivity contribution is 5.81. The number of hydrogen-bond donors (Lipinski definition) is 1. The number of hydrogen-bond acceptors (Lipinski definition) is 7. The van der Waals surface area contributed by atoms with Crippen molar-refractivity contribution in [2.45, 2.75) is 45.4 Å². The van der Waals surface area contributed by atoms with Crippen molar-refractivity contribution in [2.24, 2.45) is 0 Å². The van der Waals surface area contributed by atoms with E-state index in [-0.39, 0.29) is 18.9 Å². The lowest BCUT2D eigenvalue weighted by molar-refractivity contribution is -0.396. The molecule has 0 radical (unpaired) electrons. The van der Waals surface area contributed by atoms with Gasteiger partial charge in [0.05, 0.1) is 13.7 Å². The van der Waals surface area contributed by atoms with Crippen molar-refractivity contribution in [2.75, 3.05) is 7.11 Å². The van der Waals surface area contributed by atoms with Gasteiger partial charge < -0.3 is 24.9 Å². The lowest BCUT2D eigenvalue weighted by atomic mass is 10.2.